The number of ether oxygens (including phenoxy) is 2. The molecule has 0 unspecified atom stereocenters. The first kappa shape index (κ1) is 23.9. The minimum absolute atomic E-state index is 0.123. The second-order valence-corrected chi connectivity index (χ2v) is 8.53. The van der Waals surface area contributed by atoms with Crippen LogP contribution in [0.3, 0.4) is 0 Å². The molecule has 1 aromatic rings. The first-order valence-electron chi connectivity index (χ1n) is 10.5. The lowest BCUT2D eigenvalue weighted by molar-refractivity contribution is 0.0512. The molecule has 0 saturated carbocycles. The van der Waals surface area contributed by atoms with Gasteiger partial charge in [-0.15, -0.1) is 0 Å². The molecule has 1 fully saturated rings. The summed E-state index contributed by atoms with van der Waals surface area (Å²) in [6.07, 6.45) is 2.05. The highest BCUT2D eigenvalue weighted by molar-refractivity contribution is 5.79. The Kier molecular flexibility index (Phi) is 8.89. The molecular weight excluding hydrogens is 387 g/mol. The van der Waals surface area contributed by atoms with E-state index in [0.717, 1.165) is 24.8 Å². The van der Waals surface area contributed by atoms with E-state index in [1.54, 1.807) is 7.05 Å². The third-order valence-corrected chi connectivity index (χ3v) is 5.04. The summed E-state index contributed by atoms with van der Waals surface area (Å²) in [5.74, 6) is 0.464. The minimum atomic E-state index is -0.501. The monoisotopic (exact) mass is 422 g/mol. The first-order chi connectivity index (χ1) is 14.2. The normalized spacial score (nSPS) is 16.6. The Morgan fingerprint density at radius 3 is 2.37 bits per heavy atom. The molecule has 1 aromatic carbocycles. The van der Waals surface area contributed by atoms with Crippen LogP contribution in [0.1, 0.15) is 45.6 Å². The molecule has 0 radical (unpaired) electrons. The van der Waals surface area contributed by atoms with Gasteiger partial charge in [0.05, 0.1) is 0 Å². The number of rotatable bonds is 7. The van der Waals surface area contributed by atoms with Gasteiger partial charge in [0.1, 0.15) is 11.4 Å². The Hall–Kier alpha value is -2.35. The van der Waals surface area contributed by atoms with Crippen molar-refractivity contribution in [2.75, 3.05) is 39.9 Å². The molecular formula is C22H35FN4O3. The van der Waals surface area contributed by atoms with Gasteiger partial charge in [0.25, 0.3) is 0 Å². The smallest absolute Gasteiger partial charge is 0.407 e. The average Bonchev–Trinajstić information content (AvgIpc) is 2.70. The van der Waals surface area contributed by atoms with Crippen molar-refractivity contribution in [3.05, 3.63) is 35.6 Å². The number of aliphatic imine (C=N–C) groups is 1. The second-order valence-electron chi connectivity index (χ2n) is 8.53. The van der Waals surface area contributed by atoms with E-state index in [0.29, 0.717) is 38.8 Å². The number of benzene rings is 1. The van der Waals surface area contributed by atoms with Crippen molar-refractivity contribution in [2.24, 2.45) is 4.99 Å². The summed E-state index contributed by atoms with van der Waals surface area (Å²) in [5, 5.41) is 9.41. The highest BCUT2D eigenvalue weighted by Gasteiger charge is 2.34. The third kappa shape index (κ3) is 7.82. The van der Waals surface area contributed by atoms with Crippen molar-refractivity contribution in [3.63, 3.8) is 0 Å². The van der Waals surface area contributed by atoms with Crippen LogP contribution < -0.4 is 16.0 Å². The molecule has 0 atom stereocenters. The highest BCUT2D eigenvalue weighted by atomic mass is 19.1. The quantitative estimate of drug-likeness (QED) is 0.357. The van der Waals surface area contributed by atoms with Gasteiger partial charge in [-0.1, -0.05) is 12.1 Å². The number of halogens is 1. The van der Waals surface area contributed by atoms with Crippen molar-refractivity contribution in [1.82, 2.24) is 16.0 Å². The largest absolute Gasteiger partial charge is 0.444 e. The van der Waals surface area contributed by atoms with Crippen LogP contribution in [0.2, 0.25) is 0 Å². The molecule has 7 nitrogen and oxygen atoms in total. The third-order valence-electron chi connectivity index (χ3n) is 5.04. The molecule has 1 saturated heterocycles. The fraction of sp³-hybridized carbons (Fsp3) is 0.636. The van der Waals surface area contributed by atoms with Gasteiger partial charge >= 0.3 is 6.09 Å². The summed E-state index contributed by atoms with van der Waals surface area (Å²) in [5.41, 5.74) is 0.484. The molecule has 168 valence electrons. The van der Waals surface area contributed by atoms with Crippen LogP contribution >= 0.6 is 0 Å². The minimum Gasteiger partial charge on any atom is -0.444 e. The van der Waals surface area contributed by atoms with E-state index in [1.165, 1.54) is 12.1 Å². The van der Waals surface area contributed by atoms with Gasteiger partial charge in [0, 0.05) is 45.3 Å². The molecule has 1 amide bonds. The van der Waals surface area contributed by atoms with Gasteiger partial charge in [0.15, 0.2) is 5.96 Å². The summed E-state index contributed by atoms with van der Waals surface area (Å²) in [7, 11) is 1.73. The molecule has 30 heavy (non-hydrogen) atoms. The molecule has 0 bridgehead atoms. The molecule has 2 rings (SSSR count). The summed E-state index contributed by atoms with van der Waals surface area (Å²) < 4.78 is 24.1. The number of alkyl carbamates (subject to hydrolysis) is 1. The predicted octanol–water partition coefficient (Wildman–Crippen LogP) is 2.95. The van der Waals surface area contributed by atoms with Crippen LogP contribution in [-0.2, 0) is 14.9 Å². The van der Waals surface area contributed by atoms with Crippen molar-refractivity contribution < 1.29 is 18.7 Å². The molecule has 1 aliphatic heterocycles. The van der Waals surface area contributed by atoms with Gasteiger partial charge in [-0.3, -0.25) is 4.99 Å². The summed E-state index contributed by atoms with van der Waals surface area (Å²) in [6.45, 7) is 8.71. The number of nitrogens with one attached hydrogen (secondary N) is 3. The Morgan fingerprint density at radius 1 is 1.13 bits per heavy atom. The van der Waals surface area contributed by atoms with Gasteiger partial charge < -0.3 is 25.4 Å². The van der Waals surface area contributed by atoms with Gasteiger partial charge in [0.2, 0.25) is 0 Å². The summed E-state index contributed by atoms with van der Waals surface area (Å²) >= 11 is 0. The SMILES string of the molecule is CN=C(NCCCNC(=O)OC(C)(C)C)NCC1(c2ccc(F)cc2)CCOCC1. The van der Waals surface area contributed by atoms with Crippen molar-refractivity contribution in [3.8, 4) is 0 Å². The Bertz CT molecular complexity index is 695. The fourth-order valence-electron chi connectivity index (χ4n) is 3.41. The van der Waals surface area contributed by atoms with Crippen molar-refractivity contribution in [2.45, 2.75) is 51.0 Å². The van der Waals surface area contributed by atoms with Gasteiger partial charge in [-0.05, 0) is 57.7 Å². The number of carbonyl (C=O) groups is 1. The molecule has 8 heteroatoms. The number of carbonyl (C=O) groups excluding carboxylic acids is 1. The second kappa shape index (κ2) is 11.2. The Labute approximate surface area is 178 Å². The highest BCUT2D eigenvalue weighted by Crippen LogP contribution is 2.34. The average molecular weight is 423 g/mol. The summed E-state index contributed by atoms with van der Waals surface area (Å²) in [6, 6.07) is 6.75. The van der Waals surface area contributed by atoms with Crippen LogP contribution in [0.5, 0.6) is 0 Å². The number of nitrogens with zero attached hydrogens (tertiary/aromatic N) is 1. The lowest BCUT2D eigenvalue weighted by Gasteiger charge is -2.38. The van der Waals surface area contributed by atoms with E-state index in [2.05, 4.69) is 20.9 Å². The molecule has 3 N–H and O–H groups in total. The molecule has 0 aromatic heterocycles. The maximum Gasteiger partial charge on any atom is 0.407 e. The Morgan fingerprint density at radius 2 is 1.77 bits per heavy atom. The standard InChI is InChI=1S/C22H35FN4O3/c1-21(2,3)30-20(28)26-13-5-12-25-19(24-4)27-16-22(10-14-29-15-11-22)17-6-8-18(23)9-7-17/h6-9H,5,10-16H2,1-4H3,(H,26,28)(H2,24,25,27). The molecule has 0 spiro atoms. The van der Waals surface area contributed by atoms with E-state index >= 15 is 0 Å². The number of guanidine groups is 1. The summed E-state index contributed by atoms with van der Waals surface area (Å²) in [4.78, 5) is 15.9. The topological polar surface area (TPSA) is 84.0 Å². The zero-order valence-electron chi connectivity index (χ0n) is 18.5. The lowest BCUT2D eigenvalue weighted by atomic mass is 9.74. The van der Waals surface area contributed by atoms with Crippen LogP contribution in [0.25, 0.3) is 0 Å². The van der Waals surface area contributed by atoms with Gasteiger partial charge in [-0.25, -0.2) is 9.18 Å². The molecule has 1 heterocycles. The maximum atomic E-state index is 13.4. The van der Waals surface area contributed by atoms with E-state index in [9.17, 15) is 9.18 Å². The van der Waals surface area contributed by atoms with Crippen LogP contribution in [0, 0.1) is 5.82 Å². The van der Waals surface area contributed by atoms with Crippen LogP contribution in [0.4, 0.5) is 9.18 Å². The molecule has 1 aliphatic rings. The van der Waals surface area contributed by atoms with Crippen molar-refractivity contribution >= 4 is 12.1 Å². The Balaban J connectivity index is 1.80. The number of hydrogen-bond donors (Lipinski definition) is 3. The zero-order chi connectivity index (χ0) is 22.0. The van der Waals surface area contributed by atoms with E-state index in [4.69, 9.17) is 9.47 Å². The first-order valence-corrected chi connectivity index (χ1v) is 10.5. The van der Waals surface area contributed by atoms with Crippen LogP contribution in [0.15, 0.2) is 29.3 Å². The van der Waals surface area contributed by atoms with E-state index in [1.807, 2.05) is 32.9 Å². The predicted molar refractivity (Wildman–Crippen MR) is 116 cm³/mol. The number of hydrogen-bond acceptors (Lipinski definition) is 4. The van der Waals surface area contributed by atoms with E-state index in [-0.39, 0.29) is 11.2 Å². The fourth-order valence-corrected chi connectivity index (χ4v) is 3.41. The lowest BCUT2D eigenvalue weighted by Crippen LogP contribution is -2.48. The maximum absolute atomic E-state index is 13.4. The van der Waals surface area contributed by atoms with Crippen molar-refractivity contribution in [1.29, 1.82) is 0 Å². The van der Waals surface area contributed by atoms with Crippen LogP contribution in [-0.4, -0.2) is 57.5 Å². The molecule has 0 aliphatic carbocycles. The zero-order valence-corrected chi connectivity index (χ0v) is 18.5. The van der Waals surface area contributed by atoms with Gasteiger partial charge in [-0.2, -0.15) is 0 Å². The van der Waals surface area contributed by atoms with E-state index < -0.39 is 11.7 Å². The number of amides is 1.